The SMILES string of the molecule is Cc1cc(S(=O)(=O)N2CCCO2)sc1Br. The molecule has 0 N–H and O–H groups in total. The van der Waals surface area contributed by atoms with Crippen molar-refractivity contribution in [2.24, 2.45) is 0 Å². The second-order valence-corrected chi connectivity index (χ2v) is 7.67. The molecule has 0 unspecified atom stereocenters. The standard InChI is InChI=1S/C8H10BrNO3S2/c1-6-5-7(14-8(6)9)15(11,12)10-3-2-4-13-10/h5H,2-4H2,1H3. The summed E-state index contributed by atoms with van der Waals surface area (Å²) in [5.41, 5.74) is 0.928. The number of thiophene rings is 1. The second-order valence-electron chi connectivity index (χ2n) is 3.24. The van der Waals surface area contributed by atoms with Gasteiger partial charge in [-0.2, -0.15) is 0 Å². The zero-order valence-electron chi connectivity index (χ0n) is 8.07. The van der Waals surface area contributed by atoms with Gasteiger partial charge in [0.1, 0.15) is 4.21 Å². The third kappa shape index (κ3) is 2.12. The maximum Gasteiger partial charge on any atom is 0.274 e. The molecule has 0 radical (unpaired) electrons. The fourth-order valence-electron chi connectivity index (χ4n) is 1.27. The van der Waals surface area contributed by atoms with Gasteiger partial charge in [0.25, 0.3) is 10.0 Å². The quantitative estimate of drug-likeness (QED) is 0.840. The first-order valence-corrected chi connectivity index (χ1v) is 7.48. The van der Waals surface area contributed by atoms with Crippen LogP contribution < -0.4 is 0 Å². The van der Waals surface area contributed by atoms with Gasteiger partial charge in [-0.05, 0) is 40.9 Å². The van der Waals surface area contributed by atoms with Gasteiger partial charge in [-0.15, -0.1) is 11.3 Å². The molecule has 0 bridgehead atoms. The van der Waals surface area contributed by atoms with Crippen LogP contribution in [0.15, 0.2) is 14.1 Å². The highest BCUT2D eigenvalue weighted by Crippen LogP contribution is 2.33. The number of aryl methyl sites for hydroxylation is 1. The number of hydroxylamine groups is 1. The van der Waals surface area contributed by atoms with Crippen LogP contribution in [0.2, 0.25) is 0 Å². The predicted molar refractivity (Wildman–Crippen MR) is 61.2 cm³/mol. The van der Waals surface area contributed by atoms with Gasteiger partial charge < -0.3 is 0 Å². The molecule has 0 spiro atoms. The molecule has 0 saturated carbocycles. The molecule has 2 heterocycles. The average molecular weight is 312 g/mol. The van der Waals surface area contributed by atoms with E-state index in [0.29, 0.717) is 17.4 Å². The van der Waals surface area contributed by atoms with Crippen molar-refractivity contribution in [2.45, 2.75) is 17.6 Å². The first kappa shape index (κ1) is 11.5. The molecular weight excluding hydrogens is 302 g/mol. The minimum atomic E-state index is -3.44. The number of sulfonamides is 1. The monoisotopic (exact) mass is 311 g/mol. The van der Waals surface area contributed by atoms with E-state index in [1.807, 2.05) is 6.92 Å². The highest BCUT2D eigenvalue weighted by atomic mass is 79.9. The minimum absolute atomic E-state index is 0.328. The molecule has 2 rings (SSSR count). The van der Waals surface area contributed by atoms with Crippen LogP contribution in [0.25, 0.3) is 0 Å². The van der Waals surface area contributed by atoms with Crippen LogP contribution in [0.1, 0.15) is 12.0 Å². The molecule has 1 fully saturated rings. The largest absolute Gasteiger partial charge is 0.284 e. The van der Waals surface area contributed by atoms with Crippen LogP contribution in [0.3, 0.4) is 0 Å². The lowest BCUT2D eigenvalue weighted by Crippen LogP contribution is -2.25. The van der Waals surface area contributed by atoms with Crippen molar-refractivity contribution in [2.75, 3.05) is 13.2 Å². The van der Waals surface area contributed by atoms with Crippen molar-refractivity contribution in [1.29, 1.82) is 0 Å². The topological polar surface area (TPSA) is 46.6 Å². The summed E-state index contributed by atoms with van der Waals surface area (Å²) < 4.78 is 26.2. The van der Waals surface area contributed by atoms with Gasteiger partial charge in [-0.1, -0.05) is 4.47 Å². The van der Waals surface area contributed by atoms with Crippen LogP contribution in [0, 0.1) is 6.92 Å². The molecule has 0 atom stereocenters. The Hall–Kier alpha value is 0.0500. The zero-order chi connectivity index (χ0) is 11.1. The zero-order valence-corrected chi connectivity index (χ0v) is 11.3. The lowest BCUT2D eigenvalue weighted by molar-refractivity contribution is -0.0282. The van der Waals surface area contributed by atoms with Crippen LogP contribution in [-0.2, 0) is 14.9 Å². The Kier molecular flexibility index (Phi) is 3.18. The highest BCUT2D eigenvalue weighted by molar-refractivity contribution is 9.11. The molecule has 7 heteroatoms. The van der Waals surface area contributed by atoms with Crippen molar-refractivity contribution in [3.63, 3.8) is 0 Å². The fourth-order valence-corrected chi connectivity index (χ4v) is 4.89. The first-order valence-electron chi connectivity index (χ1n) is 4.43. The summed E-state index contributed by atoms with van der Waals surface area (Å²) in [6.07, 6.45) is 0.755. The van der Waals surface area contributed by atoms with Gasteiger partial charge in [0.15, 0.2) is 0 Å². The van der Waals surface area contributed by atoms with Crippen LogP contribution in [0.4, 0.5) is 0 Å². The van der Waals surface area contributed by atoms with E-state index < -0.39 is 10.0 Å². The van der Waals surface area contributed by atoms with Crippen LogP contribution >= 0.6 is 27.3 Å². The van der Waals surface area contributed by atoms with Crippen molar-refractivity contribution < 1.29 is 13.3 Å². The highest BCUT2D eigenvalue weighted by Gasteiger charge is 2.30. The number of nitrogens with zero attached hydrogens (tertiary/aromatic N) is 1. The van der Waals surface area contributed by atoms with E-state index >= 15 is 0 Å². The molecule has 0 aromatic carbocycles. The molecular formula is C8H10BrNO3S2. The summed E-state index contributed by atoms with van der Waals surface area (Å²) in [5, 5.41) is 0. The molecule has 15 heavy (non-hydrogen) atoms. The van der Waals surface area contributed by atoms with Gasteiger partial charge in [0.2, 0.25) is 0 Å². The van der Waals surface area contributed by atoms with E-state index in [4.69, 9.17) is 4.84 Å². The van der Waals surface area contributed by atoms with E-state index in [1.165, 1.54) is 11.3 Å². The molecule has 1 saturated heterocycles. The molecule has 0 aliphatic carbocycles. The van der Waals surface area contributed by atoms with Gasteiger partial charge in [0.05, 0.1) is 10.4 Å². The van der Waals surface area contributed by atoms with E-state index in [1.54, 1.807) is 6.07 Å². The Morgan fingerprint density at radius 1 is 1.60 bits per heavy atom. The van der Waals surface area contributed by atoms with Gasteiger partial charge in [-0.3, -0.25) is 4.84 Å². The number of rotatable bonds is 2. The summed E-state index contributed by atoms with van der Waals surface area (Å²) in [7, 11) is -3.44. The molecule has 0 amide bonds. The summed E-state index contributed by atoms with van der Waals surface area (Å²) in [6.45, 7) is 2.78. The summed E-state index contributed by atoms with van der Waals surface area (Å²) in [4.78, 5) is 5.06. The predicted octanol–water partition coefficient (Wildman–Crippen LogP) is 2.15. The minimum Gasteiger partial charge on any atom is -0.284 e. The molecule has 1 aromatic rings. The van der Waals surface area contributed by atoms with Crippen molar-refractivity contribution >= 4 is 37.3 Å². The van der Waals surface area contributed by atoms with Crippen molar-refractivity contribution in [1.82, 2.24) is 4.47 Å². The van der Waals surface area contributed by atoms with E-state index in [2.05, 4.69) is 15.9 Å². The normalized spacial score (nSPS) is 18.5. The number of halogens is 1. The fraction of sp³-hybridized carbons (Fsp3) is 0.500. The maximum atomic E-state index is 12.0. The second kappa shape index (κ2) is 4.14. The van der Waals surface area contributed by atoms with Crippen LogP contribution in [-0.4, -0.2) is 26.0 Å². The summed E-state index contributed by atoms with van der Waals surface area (Å²) in [6, 6.07) is 1.66. The van der Waals surface area contributed by atoms with Crippen molar-refractivity contribution in [3.05, 3.63) is 15.4 Å². The third-order valence-corrected chi connectivity index (χ3v) is 6.34. The Morgan fingerprint density at radius 2 is 2.33 bits per heavy atom. The average Bonchev–Trinajstić information content (AvgIpc) is 2.77. The smallest absolute Gasteiger partial charge is 0.274 e. The third-order valence-electron chi connectivity index (χ3n) is 2.08. The molecule has 1 aliphatic heterocycles. The Bertz CT molecular complexity index is 443. The Labute approximate surface area is 101 Å². The van der Waals surface area contributed by atoms with E-state index in [-0.39, 0.29) is 0 Å². The van der Waals surface area contributed by atoms with Gasteiger partial charge in [-0.25, -0.2) is 8.42 Å². The van der Waals surface area contributed by atoms with Crippen molar-refractivity contribution in [3.8, 4) is 0 Å². The van der Waals surface area contributed by atoms with Crippen LogP contribution in [0.5, 0.6) is 0 Å². The molecule has 1 aromatic heterocycles. The van der Waals surface area contributed by atoms with E-state index in [0.717, 1.165) is 20.2 Å². The lowest BCUT2D eigenvalue weighted by atomic mass is 10.4. The number of hydrogen-bond donors (Lipinski definition) is 0. The van der Waals surface area contributed by atoms with E-state index in [9.17, 15) is 8.42 Å². The van der Waals surface area contributed by atoms with Gasteiger partial charge in [0, 0.05) is 6.54 Å². The summed E-state index contributed by atoms with van der Waals surface area (Å²) in [5.74, 6) is 0. The Balaban J connectivity index is 2.36. The van der Waals surface area contributed by atoms with Gasteiger partial charge >= 0.3 is 0 Å². The molecule has 4 nitrogen and oxygen atoms in total. The number of hydrogen-bond acceptors (Lipinski definition) is 4. The lowest BCUT2D eigenvalue weighted by Gasteiger charge is -2.11. The summed E-state index contributed by atoms with van der Waals surface area (Å²) >= 11 is 4.53. The maximum absolute atomic E-state index is 12.0. The molecule has 1 aliphatic rings. The first-order chi connectivity index (χ1) is 7.01. The molecule has 84 valence electrons. The Morgan fingerprint density at radius 3 is 2.80 bits per heavy atom.